The first kappa shape index (κ1) is 13.9. The van der Waals surface area contributed by atoms with Crippen LogP contribution in [0.2, 0.25) is 0 Å². The number of rotatable bonds is 3. The van der Waals surface area contributed by atoms with Crippen LogP contribution in [0.15, 0.2) is 24.3 Å². The third-order valence-corrected chi connectivity index (χ3v) is 3.78. The zero-order valence-electron chi connectivity index (χ0n) is 11.8. The van der Waals surface area contributed by atoms with Gasteiger partial charge in [0.2, 0.25) is 0 Å². The number of hydrogen-bond donors (Lipinski definition) is 2. The van der Waals surface area contributed by atoms with E-state index in [0.29, 0.717) is 19.7 Å². The highest BCUT2D eigenvalue weighted by Crippen LogP contribution is 2.20. The molecule has 2 fully saturated rings. The highest BCUT2D eigenvalue weighted by atomic mass is 16.5. The van der Waals surface area contributed by atoms with Gasteiger partial charge in [0, 0.05) is 31.1 Å². The van der Waals surface area contributed by atoms with Crippen LogP contribution in [0.4, 0.5) is 16.2 Å². The van der Waals surface area contributed by atoms with Crippen LogP contribution in [0.3, 0.4) is 0 Å². The Bertz CT molecular complexity index is 523. The molecule has 0 saturated carbocycles. The largest absolute Gasteiger partial charge is 0.368 e. The van der Waals surface area contributed by atoms with Crippen LogP contribution >= 0.6 is 0 Å². The van der Waals surface area contributed by atoms with E-state index in [-0.39, 0.29) is 18.0 Å². The lowest BCUT2D eigenvalue weighted by atomic mass is 10.1. The average molecular weight is 289 g/mol. The molecule has 2 N–H and O–H groups in total. The van der Waals surface area contributed by atoms with Crippen molar-refractivity contribution in [3.05, 3.63) is 24.3 Å². The lowest BCUT2D eigenvalue weighted by Crippen LogP contribution is -2.33. The second kappa shape index (κ2) is 6.13. The van der Waals surface area contributed by atoms with E-state index in [1.165, 1.54) is 0 Å². The number of carbonyl (C=O) groups excluding carboxylic acids is 2. The van der Waals surface area contributed by atoms with Gasteiger partial charge in [-0.1, -0.05) is 0 Å². The number of anilines is 2. The smallest absolute Gasteiger partial charge is 0.321 e. The van der Waals surface area contributed by atoms with E-state index in [0.717, 1.165) is 30.6 Å². The Kier molecular flexibility index (Phi) is 4.06. The number of benzene rings is 1. The minimum Gasteiger partial charge on any atom is -0.368 e. The maximum atomic E-state index is 12.1. The fraction of sp³-hybridized carbons (Fsp3) is 0.467. The fourth-order valence-corrected chi connectivity index (χ4v) is 2.61. The number of ether oxygens (including phenoxy) is 1. The van der Waals surface area contributed by atoms with Gasteiger partial charge in [-0.3, -0.25) is 9.69 Å². The number of hydrogen-bond acceptors (Lipinski definition) is 3. The van der Waals surface area contributed by atoms with Crippen LogP contribution in [0.5, 0.6) is 0 Å². The molecule has 3 amide bonds. The fourth-order valence-electron chi connectivity index (χ4n) is 2.61. The summed E-state index contributed by atoms with van der Waals surface area (Å²) in [7, 11) is 0. The van der Waals surface area contributed by atoms with Crippen LogP contribution < -0.4 is 15.5 Å². The second-order valence-electron chi connectivity index (χ2n) is 5.27. The zero-order chi connectivity index (χ0) is 14.7. The topological polar surface area (TPSA) is 70.7 Å². The number of urea groups is 1. The van der Waals surface area contributed by atoms with Crippen molar-refractivity contribution in [2.45, 2.75) is 25.4 Å². The molecular weight excluding hydrogens is 270 g/mol. The summed E-state index contributed by atoms with van der Waals surface area (Å²) in [6.07, 6.45) is 2.48. The molecule has 2 saturated heterocycles. The average Bonchev–Trinajstić information content (AvgIpc) is 2.95. The highest BCUT2D eigenvalue weighted by molar-refractivity contribution is 5.96. The van der Waals surface area contributed by atoms with E-state index in [9.17, 15) is 9.59 Å². The lowest BCUT2D eigenvalue weighted by molar-refractivity contribution is -0.129. The maximum Gasteiger partial charge on any atom is 0.321 e. The molecular formula is C15H19N3O3. The van der Waals surface area contributed by atoms with E-state index >= 15 is 0 Å². The summed E-state index contributed by atoms with van der Waals surface area (Å²) >= 11 is 0. The first-order valence-corrected chi connectivity index (χ1v) is 7.32. The molecule has 0 aliphatic carbocycles. The van der Waals surface area contributed by atoms with Gasteiger partial charge in [-0.25, -0.2) is 4.79 Å². The molecule has 0 spiro atoms. The molecule has 1 unspecified atom stereocenters. The molecule has 2 aliphatic heterocycles. The van der Waals surface area contributed by atoms with Gasteiger partial charge < -0.3 is 15.4 Å². The van der Waals surface area contributed by atoms with Gasteiger partial charge in [-0.15, -0.1) is 0 Å². The molecule has 1 aromatic rings. The second-order valence-corrected chi connectivity index (χ2v) is 5.27. The van der Waals surface area contributed by atoms with E-state index in [1.54, 1.807) is 4.90 Å². The molecule has 0 bridgehead atoms. The summed E-state index contributed by atoms with van der Waals surface area (Å²) in [5, 5.41) is 5.62. The number of amides is 3. The van der Waals surface area contributed by atoms with E-state index < -0.39 is 0 Å². The Morgan fingerprint density at radius 3 is 2.71 bits per heavy atom. The molecule has 6 nitrogen and oxygen atoms in total. The predicted molar refractivity (Wildman–Crippen MR) is 79.4 cm³/mol. The SMILES string of the molecule is O=C(Nc1ccc(N2CCNC2=O)cc1)C1CCCCO1. The molecule has 2 aliphatic rings. The number of carbonyl (C=O) groups is 2. The monoisotopic (exact) mass is 289 g/mol. The summed E-state index contributed by atoms with van der Waals surface area (Å²) in [6, 6.07) is 7.20. The number of nitrogens with zero attached hydrogens (tertiary/aromatic N) is 1. The molecule has 112 valence electrons. The summed E-state index contributed by atoms with van der Waals surface area (Å²) in [4.78, 5) is 25.3. The molecule has 1 atom stereocenters. The predicted octanol–water partition coefficient (Wildman–Crippen LogP) is 1.72. The minimum atomic E-state index is -0.345. The summed E-state index contributed by atoms with van der Waals surface area (Å²) in [6.45, 7) is 1.98. The summed E-state index contributed by atoms with van der Waals surface area (Å²) in [5.41, 5.74) is 1.55. The first-order chi connectivity index (χ1) is 10.2. The molecule has 6 heteroatoms. The Labute approximate surface area is 123 Å². The Morgan fingerprint density at radius 1 is 1.29 bits per heavy atom. The van der Waals surface area contributed by atoms with Gasteiger partial charge in [0.25, 0.3) is 5.91 Å². The van der Waals surface area contributed by atoms with Gasteiger partial charge in [0.15, 0.2) is 0 Å². The third kappa shape index (κ3) is 3.16. The maximum absolute atomic E-state index is 12.1. The first-order valence-electron chi connectivity index (χ1n) is 7.32. The molecule has 3 rings (SSSR count). The molecule has 1 aromatic carbocycles. The summed E-state index contributed by atoms with van der Waals surface area (Å²) < 4.78 is 5.46. The normalized spacial score (nSPS) is 22.0. The molecule has 0 aromatic heterocycles. The van der Waals surface area contributed by atoms with E-state index in [2.05, 4.69) is 10.6 Å². The van der Waals surface area contributed by atoms with Crippen molar-refractivity contribution in [2.24, 2.45) is 0 Å². The van der Waals surface area contributed by atoms with Gasteiger partial charge in [0.1, 0.15) is 6.10 Å². The van der Waals surface area contributed by atoms with Crippen molar-refractivity contribution in [1.82, 2.24) is 5.32 Å². The quantitative estimate of drug-likeness (QED) is 0.890. The Balaban J connectivity index is 1.61. The Hall–Kier alpha value is -2.08. The minimum absolute atomic E-state index is 0.0811. The van der Waals surface area contributed by atoms with Crippen molar-refractivity contribution < 1.29 is 14.3 Å². The van der Waals surface area contributed by atoms with Gasteiger partial charge in [-0.05, 0) is 43.5 Å². The lowest BCUT2D eigenvalue weighted by Gasteiger charge is -2.22. The van der Waals surface area contributed by atoms with Crippen LogP contribution in [-0.2, 0) is 9.53 Å². The van der Waals surface area contributed by atoms with Crippen molar-refractivity contribution in [2.75, 3.05) is 29.9 Å². The Morgan fingerprint density at radius 2 is 2.10 bits per heavy atom. The van der Waals surface area contributed by atoms with Crippen LogP contribution in [0, 0.1) is 0 Å². The third-order valence-electron chi connectivity index (χ3n) is 3.78. The van der Waals surface area contributed by atoms with Gasteiger partial charge in [-0.2, -0.15) is 0 Å². The van der Waals surface area contributed by atoms with Gasteiger partial charge >= 0.3 is 6.03 Å². The standard InChI is InChI=1S/C15H19N3O3/c19-14(13-3-1-2-10-21-13)17-11-4-6-12(7-5-11)18-9-8-16-15(18)20/h4-7,13H,1-3,8-10H2,(H,16,20)(H,17,19). The highest BCUT2D eigenvalue weighted by Gasteiger charge is 2.23. The van der Waals surface area contributed by atoms with E-state index in [1.807, 2.05) is 24.3 Å². The van der Waals surface area contributed by atoms with Crippen molar-refractivity contribution in [3.63, 3.8) is 0 Å². The molecule has 21 heavy (non-hydrogen) atoms. The molecule has 2 heterocycles. The van der Waals surface area contributed by atoms with Gasteiger partial charge in [0.05, 0.1) is 0 Å². The van der Waals surface area contributed by atoms with Crippen molar-refractivity contribution in [3.8, 4) is 0 Å². The van der Waals surface area contributed by atoms with E-state index in [4.69, 9.17) is 4.74 Å². The zero-order valence-corrected chi connectivity index (χ0v) is 11.8. The summed E-state index contributed by atoms with van der Waals surface area (Å²) in [5.74, 6) is -0.0960. The molecule has 0 radical (unpaired) electrons. The van der Waals surface area contributed by atoms with Crippen LogP contribution in [0.1, 0.15) is 19.3 Å². The van der Waals surface area contributed by atoms with Crippen molar-refractivity contribution >= 4 is 23.3 Å². The number of nitrogens with one attached hydrogen (secondary N) is 2. The van der Waals surface area contributed by atoms with Crippen LogP contribution in [-0.4, -0.2) is 37.7 Å². The van der Waals surface area contributed by atoms with Crippen molar-refractivity contribution in [1.29, 1.82) is 0 Å². The van der Waals surface area contributed by atoms with Crippen LogP contribution in [0.25, 0.3) is 0 Å².